The highest BCUT2D eigenvalue weighted by Crippen LogP contribution is 2.25. The van der Waals surface area contributed by atoms with Crippen molar-refractivity contribution in [3.05, 3.63) is 88.9 Å². The molecular formula is C25H27Cl2NO6S. The molecule has 7 nitrogen and oxygen atoms in total. The molecule has 0 aliphatic heterocycles. The maximum Gasteiger partial charge on any atom is 0.341 e. The van der Waals surface area contributed by atoms with Crippen LogP contribution in [0.2, 0.25) is 5.02 Å². The Morgan fingerprint density at radius 1 is 1.00 bits per heavy atom. The molecule has 0 bridgehead atoms. The fourth-order valence-electron chi connectivity index (χ4n) is 3.34. The molecule has 0 amide bonds. The number of halogens is 2. The molecule has 3 aromatic carbocycles. The average Bonchev–Trinajstić information content (AvgIpc) is 2.83. The zero-order valence-electron chi connectivity index (χ0n) is 18.8. The molecule has 0 saturated heterocycles. The summed E-state index contributed by atoms with van der Waals surface area (Å²) in [6.45, 7) is 0.556. The minimum absolute atomic E-state index is 0. The molecule has 0 aromatic heterocycles. The quantitative estimate of drug-likeness (QED) is 0.294. The third-order valence-electron chi connectivity index (χ3n) is 5.10. The minimum Gasteiger partial charge on any atom is -0.482 e. The van der Waals surface area contributed by atoms with Gasteiger partial charge in [-0.05, 0) is 73.0 Å². The van der Waals surface area contributed by atoms with Gasteiger partial charge in [0.2, 0.25) is 9.84 Å². The molecule has 3 rings (SSSR count). The number of carboxylic acids is 1. The number of carboxylic acid groups (broad SMARTS) is 1. The van der Waals surface area contributed by atoms with Crippen molar-refractivity contribution < 1.29 is 28.2 Å². The number of rotatable bonds is 12. The van der Waals surface area contributed by atoms with E-state index in [-0.39, 0.29) is 27.9 Å². The highest BCUT2D eigenvalue weighted by Gasteiger charge is 2.18. The van der Waals surface area contributed by atoms with Crippen LogP contribution >= 0.6 is 24.0 Å². The largest absolute Gasteiger partial charge is 0.482 e. The molecule has 3 aromatic rings. The molecule has 35 heavy (non-hydrogen) atoms. The number of aliphatic hydroxyl groups excluding tert-OH is 1. The lowest BCUT2D eigenvalue weighted by molar-refractivity contribution is -0.139. The molecule has 0 heterocycles. The summed E-state index contributed by atoms with van der Waals surface area (Å²) < 4.78 is 30.9. The van der Waals surface area contributed by atoms with Crippen LogP contribution in [0, 0.1) is 0 Å². The number of hydrogen-bond acceptors (Lipinski definition) is 6. The van der Waals surface area contributed by atoms with Crippen molar-refractivity contribution in [3.8, 4) is 5.75 Å². The summed E-state index contributed by atoms with van der Waals surface area (Å²) in [7, 11) is -3.76. The van der Waals surface area contributed by atoms with Crippen LogP contribution in [0.1, 0.15) is 23.7 Å². The average molecular weight is 540 g/mol. The van der Waals surface area contributed by atoms with E-state index >= 15 is 0 Å². The van der Waals surface area contributed by atoms with Gasteiger partial charge < -0.3 is 20.3 Å². The summed E-state index contributed by atoms with van der Waals surface area (Å²) in [6.07, 6.45) is 0.924. The Bertz CT molecular complexity index is 1220. The minimum atomic E-state index is -3.76. The first-order chi connectivity index (χ1) is 16.3. The predicted molar refractivity (Wildman–Crippen MR) is 136 cm³/mol. The first kappa shape index (κ1) is 28.6. The van der Waals surface area contributed by atoms with Gasteiger partial charge in [-0.25, -0.2) is 13.2 Å². The van der Waals surface area contributed by atoms with Gasteiger partial charge >= 0.3 is 5.97 Å². The lowest BCUT2D eigenvalue weighted by Gasteiger charge is -2.12. The second-order valence-corrected chi connectivity index (χ2v) is 10.1. The zero-order chi connectivity index (χ0) is 24.6. The van der Waals surface area contributed by atoms with Gasteiger partial charge in [-0.2, -0.15) is 0 Å². The summed E-state index contributed by atoms with van der Waals surface area (Å²) in [6, 6.07) is 19.6. The number of benzene rings is 3. The van der Waals surface area contributed by atoms with Gasteiger partial charge in [0.25, 0.3) is 0 Å². The van der Waals surface area contributed by atoms with Gasteiger partial charge in [0.15, 0.2) is 6.61 Å². The Labute approximate surface area is 216 Å². The number of aliphatic hydroxyl groups is 1. The fraction of sp³-hybridized carbons (Fsp3) is 0.240. The Morgan fingerprint density at radius 2 is 1.71 bits per heavy atom. The molecule has 0 aliphatic carbocycles. The van der Waals surface area contributed by atoms with E-state index in [9.17, 15) is 18.3 Å². The van der Waals surface area contributed by atoms with E-state index in [4.69, 9.17) is 21.4 Å². The van der Waals surface area contributed by atoms with E-state index in [0.717, 1.165) is 24.0 Å². The number of carbonyl (C=O) groups is 1. The standard InChI is InChI=1S/C25H26ClNO6S.ClH/c26-20-6-1-5-19(14-20)24(28)16-27-13-3-4-18-9-11-22(12-10-18)34(31,32)23-8-2-7-21(15-23)33-17-25(29)30;/h1-2,5-12,14-15,24,27-28H,3-4,13,16-17H2,(H,29,30);1H/t24-;/m1./s1. The molecule has 188 valence electrons. The van der Waals surface area contributed by atoms with E-state index in [1.54, 1.807) is 42.5 Å². The molecule has 3 N–H and O–H groups in total. The molecule has 1 atom stereocenters. The summed E-state index contributed by atoms with van der Waals surface area (Å²) >= 11 is 5.95. The number of sulfone groups is 1. The molecule has 10 heteroatoms. The van der Waals surface area contributed by atoms with Crippen molar-refractivity contribution in [2.45, 2.75) is 28.7 Å². The first-order valence-electron chi connectivity index (χ1n) is 10.7. The molecule has 0 unspecified atom stereocenters. The maximum atomic E-state index is 12.9. The maximum absolute atomic E-state index is 12.9. The van der Waals surface area contributed by atoms with Crippen molar-refractivity contribution in [2.75, 3.05) is 19.7 Å². The van der Waals surface area contributed by atoms with Crippen LogP contribution in [0.5, 0.6) is 5.75 Å². The highest BCUT2D eigenvalue weighted by atomic mass is 35.5. The van der Waals surface area contributed by atoms with Crippen LogP contribution in [-0.2, 0) is 21.1 Å². The Balaban J connectivity index is 0.00000432. The Hall–Kier alpha value is -2.62. The third kappa shape index (κ3) is 8.52. The lowest BCUT2D eigenvalue weighted by atomic mass is 10.1. The predicted octanol–water partition coefficient (Wildman–Crippen LogP) is 4.31. The summed E-state index contributed by atoms with van der Waals surface area (Å²) in [5.74, 6) is -0.968. The van der Waals surface area contributed by atoms with Crippen molar-refractivity contribution in [1.82, 2.24) is 5.32 Å². The Morgan fingerprint density at radius 3 is 2.40 bits per heavy atom. The van der Waals surface area contributed by atoms with Crippen LogP contribution in [0.4, 0.5) is 0 Å². The van der Waals surface area contributed by atoms with Gasteiger partial charge in [0.1, 0.15) is 5.75 Å². The first-order valence-corrected chi connectivity index (χ1v) is 12.5. The second kappa shape index (κ2) is 13.5. The molecule has 0 spiro atoms. The van der Waals surface area contributed by atoms with Gasteiger partial charge in [0.05, 0.1) is 15.9 Å². The van der Waals surface area contributed by atoms with E-state index in [1.807, 2.05) is 6.07 Å². The SMILES string of the molecule is Cl.O=C(O)COc1cccc(S(=O)(=O)c2ccc(CCCNC[C@@H](O)c3cccc(Cl)c3)cc2)c1. The monoisotopic (exact) mass is 539 g/mol. The van der Waals surface area contributed by atoms with Gasteiger partial charge in [-0.1, -0.05) is 41.9 Å². The van der Waals surface area contributed by atoms with Crippen LogP contribution in [0.3, 0.4) is 0 Å². The Kier molecular flexibility index (Phi) is 11.0. The number of nitrogens with one attached hydrogen (secondary N) is 1. The van der Waals surface area contributed by atoms with Gasteiger partial charge in [-0.3, -0.25) is 0 Å². The summed E-state index contributed by atoms with van der Waals surface area (Å²) in [5.41, 5.74) is 1.76. The van der Waals surface area contributed by atoms with Crippen LogP contribution in [0.15, 0.2) is 82.6 Å². The summed E-state index contributed by atoms with van der Waals surface area (Å²) in [4.78, 5) is 10.8. The van der Waals surface area contributed by atoms with E-state index in [0.29, 0.717) is 18.1 Å². The fourth-order valence-corrected chi connectivity index (χ4v) is 4.83. The summed E-state index contributed by atoms with van der Waals surface area (Å²) in [5, 5.41) is 22.7. The van der Waals surface area contributed by atoms with Crippen molar-refractivity contribution in [1.29, 1.82) is 0 Å². The number of hydrogen-bond donors (Lipinski definition) is 3. The molecule has 0 saturated carbocycles. The highest BCUT2D eigenvalue weighted by molar-refractivity contribution is 7.91. The topological polar surface area (TPSA) is 113 Å². The smallest absolute Gasteiger partial charge is 0.341 e. The normalized spacial score (nSPS) is 11.9. The number of aliphatic carboxylic acids is 1. The number of ether oxygens (including phenoxy) is 1. The molecule has 0 fully saturated rings. The lowest BCUT2D eigenvalue weighted by Crippen LogP contribution is -2.22. The van der Waals surface area contributed by atoms with Crippen LogP contribution in [0.25, 0.3) is 0 Å². The van der Waals surface area contributed by atoms with Crippen molar-refractivity contribution >= 4 is 39.8 Å². The van der Waals surface area contributed by atoms with Crippen LogP contribution in [-0.4, -0.2) is 44.3 Å². The van der Waals surface area contributed by atoms with E-state index in [1.165, 1.54) is 24.3 Å². The molecule has 0 aliphatic rings. The van der Waals surface area contributed by atoms with Gasteiger partial charge in [0, 0.05) is 11.6 Å². The zero-order valence-corrected chi connectivity index (χ0v) is 21.2. The van der Waals surface area contributed by atoms with Crippen molar-refractivity contribution in [3.63, 3.8) is 0 Å². The second-order valence-electron chi connectivity index (χ2n) is 7.68. The van der Waals surface area contributed by atoms with E-state index in [2.05, 4.69) is 5.32 Å². The molecule has 0 radical (unpaired) electrons. The van der Waals surface area contributed by atoms with Crippen molar-refractivity contribution in [2.24, 2.45) is 0 Å². The number of aryl methyl sites for hydroxylation is 1. The third-order valence-corrected chi connectivity index (χ3v) is 7.10. The van der Waals surface area contributed by atoms with Gasteiger partial charge in [-0.15, -0.1) is 12.4 Å². The molecular weight excluding hydrogens is 513 g/mol. The van der Waals surface area contributed by atoms with E-state index < -0.39 is 28.5 Å². The van der Waals surface area contributed by atoms with Crippen LogP contribution < -0.4 is 10.1 Å².